The molecule has 11 atom stereocenters. The molecule has 0 bridgehead atoms. The maximum absolute atomic E-state index is 14.1. The molecule has 2 heterocycles. The minimum Gasteiger partial charge on any atom is -0.465 e. The minimum absolute atomic E-state index is 0.188. The van der Waals surface area contributed by atoms with Crippen LogP contribution in [0.3, 0.4) is 0 Å². The van der Waals surface area contributed by atoms with Crippen LogP contribution in [0.5, 0.6) is 0 Å². The third-order valence-electron chi connectivity index (χ3n) is 8.07. The van der Waals surface area contributed by atoms with Crippen molar-refractivity contribution in [2.24, 2.45) is 0 Å². The number of ether oxygens (including phenoxy) is 11. The van der Waals surface area contributed by atoms with E-state index in [0.717, 1.165) is 48.7 Å². The van der Waals surface area contributed by atoms with Gasteiger partial charge in [0.05, 0.1) is 20.1 Å². The Balaban J connectivity index is 3.02. The number of amides is 2. The highest BCUT2D eigenvalue weighted by molar-refractivity contribution is 5.93. The molecule has 0 aliphatic carbocycles. The van der Waals surface area contributed by atoms with Crippen molar-refractivity contribution in [1.29, 1.82) is 0 Å². The summed E-state index contributed by atoms with van der Waals surface area (Å²) in [6, 6.07) is -1.77. The minimum atomic E-state index is -2.83. The second kappa shape index (κ2) is 21.4. The zero-order chi connectivity index (χ0) is 41.6. The van der Waals surface area contributed by atoms with Crippen molar-refractivity contribution >= 4 is 41.7 Å². The molecule has 0 spiro atoms. The second-order valence-corrected chi connectivity index (χ2v) is 12.2. The number of methoxy groups -OCH3 is 2. The van der Waals surface area contributed by atoms with Crippen LogP contribution in [0.25, 0.3) is 0 Å². The highest BCUT2D eigenvalue weighted by Gasteiger charge is 2.63. The number of carbonyl (C=O) groups excluding carboxylic acids is 7. The first-order chi connectivity index (χ1) is 25.9. The van der Waals surface area contributed by atoms with E-state index in [2.05, 4.69) is 11.8 Å². The summed E-state index contributed by atoms with van der Waals surface area (Å²) in [5, 5.41) is 11.7. The monoisotopic (exact) mass is 785 g/mol. The molecule has 0 unspecified atom stereocenters. The Morgan fingerprint density at radius 2 is 1.49 bits per heavy atom. The second-order valence-electron chi connectivity index (χ2n) is 12.2. The van der Waals surface area contributed by atoms with Crippen molar-refractivity contribution in [3.05, 3.63) is 0 Å². The molecule has 20 nitrogen and oxygen atoms in total. The lowest BCUT2D eigenvalue weighted by Crippen LogP contribution is -2.72. The molecular formula is C35H47NO19. The summed E-state index contributed by atoms with van der Waals surface area (Å²) in [5.41, 5.74) is 0. The highest BCUT2D eigenvalue weighted by Crippen LogP contribution is 2.42. The average Bonchev–Trinajstić information content (AvgIpc) is 3.09. The molecule has 2 saturated heterocycles. The molecule has 0 aromatic rings. The normalized spacial score (nSPS) is 28.5. The summed E-state index contributed by atoms with van der Waals surface area (Å²) in [7, 11) is 2.17. The van der Waals surface area contributed by atoms with Crippen LogP contribution < -0.4 is 0 Å². The molecule has 20 heteroatoms. The van der Waals surface area contributed by atoms with Crippen LogP contribution in [0.2, 0.25) is 0 Å². The van der Waals surface area contributed by atoms with Gasteiger partial charge in [-0.25, -0.2) is 4.79 Å². The van der Waals surface area contributed by atoms with Crippen molar-refractivity contribution in [2.75, 3.05) is 40.6 Å². The summed E-state index contributed by atoms with van der Waals surface area (Å²) in [5.74, 6) is -5.40. The van der Waals surface area contributed by atoms with Crippen molar-refractivity contribution in [3.8, 4) is 24.7 Å². The number of rotatable bonds is 17. The number of hydrogen-bond acceptors (Lipinski definition) is 19. The van der Waals surface area contributed by atoms with Crippen molar-refractivity contribution in [1.82, 2.24) is 4.90 Å². The van der Waals surface area contributed by atoms with Gasteiger partial charge in [-0.3, -0.25) is 33.7 Å². The van der Waals surface area contributed by atoms with Gasteiger partial charge < -0.3 is 57.2 Å². The standard InChI is InChI=1S/C35H47NO19/c1-11-13-47-16-25-28(43)31(32(48-14-12-2)33(45-9)53-25)55-35(34(44)46-10)15-24(50-21(6)40)27(36(18(3)37)19(4)38)30(54-35)29(52-23(8)42)26(51-22(7)41)17-49-20(5)39/h1-2,24-33,43H,13-17H2,3-10H3/t24-,25+,26+,27+,28-,29+,30+,31-,32+,33-,35-/m0/s1. The lowest BCUT2D eigenvalue weighted by atomic mass is 9.86. The largest absolute Gasteiger partial charge is 0.465 e. The van der Waals surface area contributed by atoms with Gasteiger partial charge >= 0.3 is 29.8 Å². The molecule has 0 saturated carbocycles. The van der Waals surface area contributed by atoms with E-state index in [-0.39, 0.29) is 13.2 Å². The predicted molar refractivity (Wildman–Crippen MR) is 179 cm³/mol. The van der Waals surface area contributed by atoms with Crippen LogP contribution in [0.1, 0.15) is 48.0 Å². The Morgan fingerprint density at radius 1 is 0.873 bits per heavy atom. The van der Waals surface area contributed by atoms with Gasteiger partial charge in [-0.15, -0.1) is 12.8 Å². The SMILES string of the molecule is C#CCOC[C@H]1O[C@H](OC)[C@H](OCC#C)[C@@H](O[C@]2(C(=O)OC)C[C@H](OC(C)=O)[C@@H](N(C(C)=O)C(C)=O)[C@H]([C@H](OC(C)=O)[C@@H](COC(C)=O)OC(C)=O)O2)[C@H]1O. The van der Waals surface area contributed by atoms with Gasteiger partial charge in [0.1, 0.15) is 62.5 Å². The number of aliphatic hydroxyl groups is 1. The van der Waals surface area contributed by atoms with Gasteiger partial charge in [-0.2, -0.15) is 0 Å². The molecule has 306 valence electrons. The van der Waals surface area contributed by atoms with Gasteiger partial charge in [-0.1, -0.05) is 11.8 Å². The molecule has 0 aromatic carbocycles. The van der Waals surface area contributed by atoms with Crippen molar-refractivity contribution < 1.29 is 90.8 Å². The smallest absolute Gasteiger partial charge is 0.366 e. The van der Waals surface area contributed by atoms with Crippen LogP contribution in [-0.4, -0.2) is 159 Å². The van der Waals surface area contributed by atoms with Crippen LogP contribution >= 0.6 is 0 Å². The number of terminal acetylenes is 2. The molecule has 2 rings (SSSR count). The Hall–Kier alpha value is -4.67. The molecule has 0 aromatic heterocycles. The fraction of sp³-hybridized carbons (Fsp3) is 0.686. The number of esters is 5. The van der Waals surface area contributed by atoms with Gasteiger partial charge in [0.2, 0.25) is 11.8 Å². The number of aliphatic hydroxyl groups excluding tert-OH is 1. The predicted octanol–water partition coefficient (Wildman–Crippen LogP) is -1.45. The fourth-order valence-electron chi connectivity index (χ4n) is 6.17. The average molecular weight is 786 g/mol. The molecule has 2 aliphatic heterocycles. The molecule has 55 heavy (non-hydrogen) atoms. The molecule has 2 fully saturated rings. The molecule has 2 amide bonds. The first-order valence-corrected chi connectivity index (χ1v) is 16.7. The van der Waals surface area contributed by atoms with E-state index in [9.17, 15) is 38.7 Å². The zero-order valence-electron chi connectivity index (χ0n) is 31.7. The highest BCUT2D eigenvalue weighted by atomic mass is 16.8. The van der Waals surface area contributed by atoms with Gasteiger partial charge in [0, 0.05) is 48.7 Å². The fourth-order valence-corrected chi connectivity index (χ4v) is 6.17. The molecule has 1 N–H and O–H groups in total. The summed E-state index contributed by atoms with van der Waals surface area (Å²) in [6.07, 6.45) is -5.20. The number of carbonyl (C=O) groups is 7. The first kappa shape index (κ1) is 46.5. The van der Waals surface area contributed by atoms with Gasteiger partial charge in [0.15, 0.2) is 18.5 Å². The zero-order valence-corrected chi connectivity index (χ0v) is 31.7. The van der Waals surface area contributed by atoms with Crippen molar-refractivity contribution in [3.63, 3.8) is 0 Å². The van der Waals surface area contributed by atoms with Crippen LogP contribution in [-0.2, 0) is 85.7 Å². The van der Waals surface area contributed by atoms with E-state index >= 15 is 0 Å². The van der Waals surface area contributed by atoms with E-state index in [1.165, 1.54) is 7.11 Å². The Labute approximate surface area is 317 Å². The van der Waals surface area contributed by atoms with Crippen LogP contribution in [0.4, 0.5) is 0 Å². The quantitative estimate of drug-likeness (QED) is 0.0767. The molecule has 2 aliphatic rings. The summed E-state index contributed by atoms with van der Waals surface area (Å²) < 4.78 is 62.0. The summed E-state index contributed by atoms with van der Waals surface area (Å²) in [4.78, 5) is 90.6. The van der Waals surface area contributed by atoms with Crippen LogP contribution in [0.15, 0.2) is 0 Å². The lowest BCUT2D eigenvalue weighted by Gasteiger charge is -2.52. The summed E-state index contributed by atoms with van der Waals surface area (Å²) >= 11 is 0. The third-order valence-corrected chi connectivity index (χ3v) is 8.07. The maximum Gasteiger partial charge on any atom is 0.366 e. The number of imide groups is 1. The van der Waals surface area contributed by atoms with Crippen LogP contribution in [0, 0.1) is 24.7 Å². The van der Waals surface area contributed by atoms with E-state index < -0.39 is 128 Å². The third kappa shape index (κ3) is 12.4. The lowest BCUT2D eigenvalue weighted by molar-refractivity contribution is -0.374. The Kier molecular flexibility index (Phi) is 18.1. The maximum atomic E-state index is 14.1. The number of nitrogens with zero attached hydrogens (tertiary/aromatic N) is 1. The Bertz CT molecular complexity index is 1470. The topological polar surface area (TPSA) is 244 Å². The first-order valence-electron chi connectivity index (χ1n) is 16.7. The Morgan fingerprint density at radius 3 is 1.98 bits per heavy atom. The van der Waals surface area contributed by atoms with Crippen molar-refractivity contribution in [2.45, 2.75) is 115 Å². The van der Waals surface area contributed by atoms with E-state index in [4.69, 9.17) is 65.0 Å². The van der Waals surface area contributed by atoms with E-state index in [1.807, 2.05) is 0 Å². The summed E-state index contributed by atoms with van der Waals surface area (Å²) in [6.45, 7) is 4.21. The number of hydrogen-bond donors (Lipinski definition) is 1. The molecule has 0 radical (unpaired) electrons. The molecular weight excluding hydrogens is 738 g/mol. The van der Waals surface area contributed by atoms with Gasteiger partial charge in [-0.05, 0) is 0 Å². The van der Waals surface area contributed by atoms with E-state index in [1.54, 1.807) is 0 Å². The van der Waals surface area contributed by atoms with Gasteiger partial charge in [0.25, 0.3) is 5.79 Å². The van der Waals surface area contributed by atoms with E-state index in [0.29, 0.717) is 4.90 Å².